The summed E-state index contributed by atoms with van der Waals surface area (Å²) in [7, 11) is 0. The summed E-state index contributed by atoms with van der Waals surface area (Å²) in [6.07, 6.45) is 3.37. The van der Waals surface area contributed by atoms with Crippen LogP contribution in [0.3, 0.4) is 0 Å². The summed E-state index contributed by atoms with van der Waals surface area (Å²) in [5.41, 5.74) is 0.584. The van der Waals surface area contributed by atoms with Gasteiger partial charge in [0.2, 0.25) is 5.91 Å². The van der Waals surface area contributed by atoms with E-state index in [1.54, 1.807) is 24.5 Å². The second-order valence-electron chi connectivity index (χ2n) is 5.51. The van der Waals surface area contributed by atoms with E-state index in [-0.39, 0.29) is 11.9 Å². The first-order chi connectivity index (χ1) is 11.7. The summed E-state index contributed by atoms with van der Waals surface area (Å²) < 4.78 is 0. The first kappa shape index (κ1) is 16.4. The molecule has 3 rings (SSSR count). The molecule has 2 aromatic heterocycles. The van der Waals surface area contributed by atoms with Gasteiger partial charge in [0, 0.05) is 44.0 Å². The molecule has 0 saturated carbocycles. The lowest BCUT2D eigenvalue weighted by Gasteiger charge is -2.38. The Hall–Kier alpha value is -2.50. The molecule has 0 bridgehead atoms. The number of anilines is 2. The van der Waals surface area contributed by atoms with Gasteiger partial charge in [0.1, 0.15) is 11.9 Å². The molecule has 1 aliphatic rings. The first-order valence-corrected chi connectivity index (χ1v) is 8.61. The molecule has 24 heavy (non-hydrogen) atoms. The van der Waals surface area contributed by atoms with Gasteiger partial charge in [-0.15, -0.1) is 11.3 Å². The van der Waals surface area contributed by atoms with Crippen molar-refractivity contribution in [3.8, 4) is 6.07 Å². The van der Waals surface area contributed by atoms with Crippen LogP contribution in [0.25, 0.3) is 0 Å². The standard InChI is InChI=1S/C16H18N6OS/c1-12(15(23)20-16-19-5-10-24-16)21-6-8-22(9-7-21)14-13(11-17)3-2-4-18-14/h2-5,10,12H,6-9H2,1H3,(H,19,20,23). The van der Waals surface area contributed by atoms with Crippen LogP contribution in [-0.2, 0) is 4.79 Å². The number of rotatable bonds is 4. The van der Waals surface area contributed by atoms with Crippen molar-refractivity contribution in [2.45, 2.75) is 13.0 Å². The molecule has 0 aliphatic carbocycles. The van der Waals surface area contributed by atoms with E-state index in [1.807, 2.05) is 12.3 Å². The lowest BCUT2D eigenvalue weighted by Crippen LogP contribution is -2.53. The van der Waals surface area contributed by atoms with Crippen LogP contribution in [0, 0.1) is 11.3 Å². The van der Waals surface area contributed by atoms with Crippen LogP contribution in [0.2, 0.25) is 0 Å². The number of nitrogens with zero attached hydrogens (tertiary/aromatic N) is 5. The Labute approximate surface area is 144 Å². The molecule has 1 fully saturated rings. The molecule has 2 aromatic rings. The van der Waals surface area contributed by atoms with Crippen LogP contribution < -0.4 is 10.2 Å². The summed E-state index contributed by atoms with van der Waals surface area (Å²) in [6.45, 7) is 4.86. The van der Waals surface area contributed by atoms with Gasteiger partial charge in [-0.3, -0.25) is 9.69 Å². The van der Waals surface area contributed by atoms with E-state index in [1.165, 1.54) is 11.3 Å². The molecular weight excluding hydrogens is 324 g/mol. The highest BCUT2D eigenvalue weighted by Crippen LogP contribution is 2.19. The second-order valence-corrected chi connectivity index (χ2v) is 6.41. The average molecular weight is 342 g/mol. The molecule has 0 radical (unpaired) electrons. The predicted octanol–water partition coefficient (Wildman–Crippen LogP) is 1.56. The van der Waals surface area contributed by atoms with Gasteiger partial charge in [-0.05, 0) is 19.1 Å². The van der Waals surface area contributed by atoms with Crippen LogP contribution in [0.1, 0.15) is 12.5 Å². The number of nitriles is 1. The highest BCUT2D eigenvalue weighted by atomic mass is 32.1. The van der Waals surface area contributed by atoms with Crippen LogP contribution in [0.15, 0.2) is 29.9 Å². The summed E-state index contributed by atoms with van der Waals surface area (Å²) in [4.78, 5) is 24.9. The Kier molecular flexibility index (Phi) is 5.03. The maximum absolute atomic E-state index is 12.3. The number of carbonyl (C=O) groups excluding carboxylic acids is 1. The smallest absolute Gasteiger partial charge is 0.243 e. The Morgan fingerprint density at radius 1 is 1.33 bits per heavy atom. The summed E-state index contributed by atoms with van der Waals surface area (Å²) >= 11 is 1.41. The Balaban J connectivity index is 1.58. The molecule has 1 N–H and O–H groups in total. The molecular formula is C16H18N6OS. The largest absolute Gasteiger partial charge is 0.353 e. The zero-order chi connectivity index (χ0) is 16.9. The van der Waals surface area contributed by atoms with E-state index in [0.717, 1.165) is 32.0 Å². The van der Waals surface area contributed by atoms with Gasteiger partial charge >= 0.3 is 0 Å². The van der Waals surface area contributed by atoms with E-state index in [4.69, 9.17) is 0 Å². The summed E-state index contributed by atoms with van der Waals surface area (Å²) in [6, 6.07) is 5.50. The lowest BCUT2D eigenvalue weighted by molar-refractivity contribution is -0.120. The SMILES string of the molecule is CC(C(=O)Nc1nccs1)N1CCN(c2ncccc2C#N)CC1. The zero-order valence-corrected chi connectivity index (χ0v) is 14.2. The Morgan fingerprint density at radius 3 is 2.79 bits per heavy atom. The number of pyridine rings is 1. The normalized spacial score (nSPS) is 16.4. The van der Waals surface area contributed by atoms with E-state index in [0.29, 0.717) is 10.7 Å². The third kappa shape index (κ3) is 3.53. The van der Waals surface area contributed by atoms with Crippen molar-refractivity contribution in [2.24, 2.45) is 0 Å². The van der Waals surface area contributed by atoms with Crippen molar-refractivity contribution in [1.82, 2.24) is 14.9 Å². The maximum atomic E-state index is 12.3. The second kappa shape index (κ2) is 7.38. The van der Waals surface area contributed by atoms with Gasteiger partial charge in [-0.25, -0.2) is 9.97 Å². The third-order valence-electron chi connectivity index (χ3n) is 4.11. The van der Waals surface area contributed by atoms with Gasteiger partial charge in [-0.1, -0.05) is 0 Å². The number of hydrogen-bond donors (Lipinski definition) is 1. The number of hydrogen-bond acceptors (Lipinski definition) is 7. The van der Waals surface area contributed by atoms with Crippen molar-refractivity contribution in [3.63, 3.8) is 0 Å². The van der Waals surface area contributed by atoms with Crippen molar-refractivity contribution in [3.05, 3.63) is 35.5 Å². The topological polar surface area (TPSA) is 85.2 Å². The molecule has 1 saturated heterocycles. The van der Waals surface area contributed by atoms with Crippen LogP contribution >= 0.6 is 11.3 Å². The van der Waals surface area contributed by atoms with Gasteiger partial charge in [0.15, 0.2) is 5.13 Å². The van der Waals surface area contributed by atoms with Crippen molar-refractivity contribution in [1.29, 1.82) is 5.26 Å². The number of carbonyl (C=O) groups is 1. The number of thiazole rings is 1. The van der Waals surface area contributed by atoms with E-state index in [9.17, 15) is 10.1 Å². The van der Waals surface area contributed by atoms with Crippen molar-refractivity contribution in [2.75, 3.05) is 36.4 Å². The van der Waals surface area contributed by atoms with Crippen molar-refractivity contribution < 1.29 is 4.79 Å². The minimum Gasteiger partial charge on any atom is -0.353 e. The monoisotopic (exact) mass is 342 g/mol. The predicted molar refractivity (Wildman–Crippen MR) is 92.9 cm³/mol. The van der Waals surface area contributed by atoms with Crippen LogP contribution in [-0.4, -0.2) is 53.0 Å². The molecule has 0 spiro atoms. The number of aromatic nitrogens is 2. The van der Waals surface area contributed by atoms with Crippen LogP contribution in [0.5, 0.6) is 0 Å². The molecule has 1 amide bonds. The van der Waals surface area contributed by atoms with E-state index in [2.05, 4.69) is 31.2 Å². The van der Waals surface area contributed by atoms with Gasteiger partial charge in [-0.2, -0.15) is 5.26 Å². The fourth-order valence-electron chi connectivity index (χ4n) is 2.72. The molecule has 0 aromatic carbocycles. The van der Waals surface area contributed by atoms with Gasteiger partial charge in [0.05, 0.1) is 11.6 Å². The Morgan fingerprint density at radius 2 is 2.12 bits per heavy atom. The lowest BCUT2D eigenvalue weighted by atomic mass is 10.2. The number of amides is 1. The summed E-state index contributed by atoms with van der Waals surface area (Å²) in [5.74, 6) is 0.675. The highest BCUT2D eigenvalue weighted by molar-refractivity contribution is 7.13. The number of piperazine rings is 1. The molecule has 1 unspecified atom stereocenters. The fraction of sp³-hybridized carbons (Fsp3) is 0.375. The minimum absolute atomic E-state index is 0.0473. The highest BCUT2D eigenvalue weighted by Gasteiger charge is 2.27. The third-order valence-corrected chi connectivity index (χ3v) is 4.80. The first-order valence-electron chi connectivity index (χ1n) is 7.73. The molecule has 1 aliphatic heterocycles. The molecule has 1 atom stereocenters. The van der Waals surface area contributed by atoms with Gasteiger partial charge < -0.3 is 10.2 Å². The molecule has 7 nitrogen and oxygen atoms in total. The van der Waals surface area contributed by atoms with Gasteiger partial charge in [0.25, 0.3) is 0 Å². The average Bonchev–Trinajstić information content (AvgIpc) is 3.14. The maximum Gasteiger partial charge on any atom is 0.243 e. The molecule has 124 valence electrons. The van der Waals surface area contributed by atoms with Crippen molar-refractivity contribution >= 4 is 28.2 Å². The molecule has 8 heteroatoms. The molecule has 3 heterocycles. The number of nitrogens with one attached hydrogen (secondary N) is 1. The Bertz CT molecular complexity index is 733. The minimum atomic E-state index is -0.227. The summed E-state index contributed by atoms with van der Waals surface area (Å²) in [5, 5.41) is 14.5. The van der Waals surface area contributed by atoms with Crippen LogP contribution in [0.4, 0.5) is 10.9 Å². The van der Waals surface area contributed by atoms with E-state index < -0.39 is 0 Å². The van der Waals surface area contributed by atoms with E-state index >= 15 is 0 Å². The quantitative estimate of drug-likeness (QED) is 0.907. The fourth-order valence-corrected chi connectivity index (χ4v) is 3.25. The zero-order valence-electron chi connectivity index (χ0n) is 13.3.